The lowest BCUT2D eigenvalue weighted by Crippen LogP contribution is -2.52. The maximum absolute atomic E-state index is 14.9. The van der Waals surface area contributed by atoms with Gasteiger partial charge >= 0.3 is 6.01 Å². The van der Waals surface area contributed by atoms with E-state index in [0.29, 0.717) is 48.1 Å². The number of halogens is 1. The van der Waals surface area contributed by atoms with Gasteiger partial charge in [0.05, 0.1) is 23.4 Å². The van der Waals surface area contributed by atoms with Crippen molar-refractivity contribution in [3.63, 3.8) is 0 Å². The number of fused-ring (bicyclic) bond motifs is 5. The van der Waals surface area contributed by atoms with Gasteiger partial charge in [-0.3, -0.25) is 9.69 Å². The third kappa shape index (κ3) is 4.61. The Bertz CT molecular complexity index is 1730. The molecule has 10 nitrogen and oxygen atoms in total. The summed E-state index contributed by atoms with van der Waals surface area (Å²) in [6.45, 7) is 3.31. The number of terminal acetylenes is 1. The number of hydrogen-bond acceptors (Lipinski definition) is 9. The van der Waals surface area contributed by atoms with E-state index >= 15 is 0 Å². The number of carbonyl (C=O) groups excluding carboxylic acids is 1. The van der Waals surface area contributed by atoms with Crippen LogP contribution < -0.4 is 19.9 Å². The normalized spacial score (nSPS) is 27.6. The average molecular weight is 613 g/mol. The molecule has 0 saturated carbocycles. The summed E-state index contributed by atoms with van der Waals surface area (Å²) in [6, 6.07) is 6.84. The van der Waals surface area contributed by atoms with E-state index < -0.39 is 5.82 Å². The van der Waals surface area contributed by atoms with Crippen molar-refractivity contribution in [3.05, 3.63) is 46.9 Å². The van der Waals surface area contributed by atoms with E-state index in [1.54, 1.807) is 6.07 Å². The minimum atomic E-state index is -0.564. The zero-order chi connectivity index (χ0) is 30.9. The Morgan fingerprint density at radius 1 is 1.13 bits per heavy atom. The van der Waals surface area contributed by atoms with E-state index in [4.69, 9.17) is 21.1 Å². The van der Waals surface area contributed by atoms with Crippen LogP contribution in [0.4, 0.5) is 15.9 Å². The molecule has 5 aliphatic heterocycles. The van der Waals surface area contributed by atoms with Crippen LogP contribution in [0.25, 0.3) is 10.8 Å². The highest BCUT2D eigenvalue weighted by molar-refractivity contribution is 6.13. The average Bonchev–Trinajstić information content (AvgIpc) is 3.72. The molecule has 5 aliphatic rings. The van der Waals surface area contributed by atoms with E-state index in [-0.39, 0.29) is 47.1 Å². The molecule has 8 rings (SSSR count). The second-order valence-corrected chi connectivity index (χ2v) is 13.2. The third-order valence-corrected chi connectivity index (χ3v) is 10.7. The lowest BCUT2D eigenvalue weighted by molar-refractivity contribution is 0.0641. The largest absolute Gasteiger partial charge is 0.508 e. The molecule has 0 aliphatic carbocycles. The molecule has 234 valence electrons. The van der Waals surface area contributed by atoms with Gasteiger partial charge in [-0.2, -0.15) is 9.97 Å². The predicted octanol–water partition coefficient (Wildman–Crippen LogP) is 2.97. The summed E-state index contributed by atoms with van der Waals surface area (Å²) in [5.74, 6) is 2.19. The molecule has 0 radical (unpaired) electrons. The Labute approximate surface area is 261 Å². The number of carbonyl (C=O) groups is 1. The van der Waals surface area contributed by atoms with Gasteiger partial charge in [0, 0.05) is 54.8 Å². The third-order valence-electron chi connectivity index (χ3n) is 10.7. The Kier molecular flexibility index (Phi) is 6.85. The van der Waals surface area contributed by atoms with Crippen LogP contribution in [0.15, 0.2) is 24.3 Å². The molecule has 3 aromatic rings. The predicted molar refractivity (Wildman–Crippen MR) is 167 cm³/mol. The second kappa shape index (κ2) is 10.8. The lowest BCUT2D eigenvalue weighted by Gasteiger charge is -2.37. The summed E-state index contributed by atoms with van der Waals surface area (Å²) in [7, 11) is 0. The van der Waals surface area contributed by atoms with Gasteiger partial charge in [-0.1, -0.05) is 12.0 Å². The summed E-state index contributed by atoms with van der Waals surface area (Å²) in [6.07, 6.45) is 12.3. The van der Waals surface area contributed by atoms with E-state index in [9.17, 15) is 19.4 Å². The van der Waals surface area contributed by atoms with Crippen LogP contribution >= 0.6 is 0 Å². The summed E-state index contributed by atoms with van der Waals surface area (Å²) < 4.78 is 21.3. The summed E-state index contributed by atoms with van der Waals surface area (Å²) in [5, 5.41) is 25.1. The molecule has 6 heterocycles. The van der Waals surface area contributed by atoms with Crippen LogP contribution in [0.2, 0.25) is 0 Å². The topological polar surface area (TPSA) is 114 Å². The van der Waals surface area contributed by atoms with Gasteiger partial charge in [-0.05, 0) is 69.0 Å². The number of hydrogen-bond donors (Lipinski definition) is 3. The monoisotopic (exact) mass is 612 g/mol. The Hall–Kier alpha value is -3.98. The summed E-state index contributed by atoms with van der Waals surface area (Å²) >= 11 is 0. The van der Waals surface area contributed by atoms with Crippen LogP contribution in [-0.2, 0) is 6.42 Å². The standard InChI is InChI=1S/C34H37FN6O4/c1-2-25-27(35)7-4-20-14-24(43)15-28(29(20)25)40-13-9-26-30(32(40)44)37-33(38-31(26)39-16-21-5-6-22(17-39)36-21)45-19-34-10-3-12-41(34)23(18-42)8-11-34/h1,4,7,14-15,21-23,36,42-43H,3,5-6,8-13,16-19H2/t21-,22+,23-,34-/m1/s1. The molecule has 4 saturated heterocycles. The molecule has 0 unspecified atom stereocenters. The van der Waals surface area contributed by atoms with Gasteiger partial charge < -0.3 is 30.1 Å². The second-order valence-electron chi connectivity index (χ2n) is 13.2. The SMILES string of the molecule is C#Cc1c(F)ccc2cc(O)cc(N3CCc4c(nc(OC[C@]56CCCN5[C@@H](CO)CC6)nc4N4C[C@H]5CC[C@@H](C4)N5)C3=O)c12. The van der Waals surface area contributed by atoms with Gasteiger partial charge in [0.15, 0.2) is 0 Å². The number of anilines is 2. The molecule has 1 amide bonds. The molecule has 4 atom stereocenters. The number of nitrogens with zero attached hydrogens (tertiary/aromatic N) is 5. The number of phenols is 1. The molecule has 2 bridgehead atoms. The van der Waals surface area contributed by atoms with E-state index in [1.165, 1.54) is 23.1 Å². The molecular formula is C34H37FN6O4. The Morgan fingerprint density at radius 3 is 2.73 bits per heavy atom. The number of aliphatic hydroxyl groups excluding tert-OH is 1. The number of benzene rings is 2. The molecule has 4 fully saturated rings. The first-order chi connectivity index (χ1) is 21.9. The highest BCUT2D eigenvalue weighted by atomic mass is 19.1. The fraction of sp³-hybridized carbons (Fsp3) is 0.500. The first-order valence-corrected chi connectivity index (χ1v) is 16.0. The van der Waals surface area contributed by atoms with Gasteiger partial charge in [-0.25, -0.2) is 4.39 Å². The van der Waals surface area contributed by atoms with E-state index in [1.807, 2.05) is 0 Å². The zero-order valence-corrected chi connectivity index (χ0v) is 25.1. The van der Waals surface area contributed by atoms with Crippen molar-refractivity contribution in [1.29, 1.82) is 0 Å². The van der Waals surface area contributed by atoms with Crippen molar-refractivity contribution in [2.75, 3.05) is 49.2 Å². The first kappa shape index (κ1) is 28.5. The summed E-state index contributed by atoms with van der Waals surface area (Å²) in [4.78, 5) is 30.3. The molecule has 11 heteroatoms. The lowest BCUT2D eigenvalue weighted by atomic mass is 9.95. The number of nitrogens with one attached hydrogen (secondary N) is 1. The highest BCUT2D eigenvalue weighted by Gasteiger charge is 2.49. The number of ether oxygens (including phenoxy) is 1. The van der Waals surface area contributed by atoms with Gasteiger partial charge in [0.1, 0.15) is 29.7 Å². The first-order valence-electron chi connectivity index (χ1n) is 16.0. The smallest absolute Gasteiger partial charge is 0.319 e. The van der Waals surface area contributed by atoms with Gasteiger partial charge in [0.25, 0.3) is 5.91 Å². The van der Waals surface area contributed by atoms with Crippen LogP contribution in [0.1, 0.15) is 60.1 Å². The Morgan fingerprint density at radius 2 is 1.96 bits per heavy atom. The maximum Gasteiger partial charge on any atom is 0.319 e. The van der Waals surface area contributed by atoms with Crippen LogP contribution in [-0.4, -0.2) is 94.0 Å². The number of rotatable bonds is 6. The molecule has 0 spiro atoms. The highest BCUT2D eigenvalue weighted by Crippen LogP contribution is 2.43. The van der Waals surface area contributed by atoms with Crippen molar-refractivity contribution in [2.24, 2.45) is 0 Å². The molecular weight excluding hydrogens is 575 g/mol. The van der Waals surface area contributed by atoms with Crippen LogP contribution in [0.3, 0.4) is 0 Å². The number of aromatic nitrogens is 2. The zero-order valence-electron chi connectivity index (χ0n) is 25.1. The van der Waals surface area contributed by atoms with Gasteiger partial charge in [-0.15, -0.1) is 6.42 Å². The minimum absolute atomic E-state index is 0.0444. The fourth-order valence-electron chi connectivity index (χ4n) is 8.60. The maximum atomic E-state index is 14.9. The van der Waals surface area contributed by atoms with Crippen molar-refractivity contribution >= 4 is 28.2 Å². The fourth-order valence-corrected chi connectivity index (χ4v) is 8.60. The number of amides is 1. The Balaban J connectivity index is 1.19. The molecule has 45 heavy (non-hydrogen) atoms. The van der Waals surface area contributed by atoms with Crippen molar-refractivity contribution in [1.82, 2.24) is 20.2 Å². The van der Waals surface area contributed by atoms with Crippen LogP contribution in [0, 0.1) is 18.2 Å². The summed E-state index contributed by atoms with van der Waals surface area (Å²) in [5.41, 5.74) is 1.25. The van der Waals surface area contributed by atoms with Crippen molar-refractivity contribution < 1.29 is 24.1 Å². The van der Waals surface area contributed by atoms with Crippen molar-refractivity contribution in [2.45, 2.75) is 68.6 Å². The number of aliphatic hydroxyl groups is 1. The van der Waals surface area contributed by atoms with E-state index in [2.05, 4.69) is 21.0 Å². The van der Waals surface area contributed by atoms with E-state index in [0.717, 1.165) is 69.5 Å². The molecule has 3 N–H and O–H groups in total. The van der Waals surface area contributed by atoms with Crippen LogP contribution in [0.5, 0.6) is 11.8 Å². The molecule has 2 aromatic carbocycles. The molecule has 1 aromatic heterocycles. The number of piperazine rings is 1. The van der Waals surface area contributed by atoms with Gasteiger partial charge in [0.2, 0.25) is 0 Å². The van der Waals surface area contributed by atoms with Crippen molar-refractivity contribution in [3.8, 4) is 24.1 Å². The quantitative estimate of drug-likeness (QED) is 0.362. The number of aromatic hydroxyl groups is 1. The number of phenolic OH excluding ortho intramolecular Hbond substituents is 1. The minimum Gasteiger partial charge on any atom is -0.508 e.